The van der Waals surface area contributed by atoms with Crippen molar-refractivity contribution in [3.05, 3.63) is 89.8 Å². The number of benzene rings is 2. The van der Waals surface area contributed by atoms with Crippen LogP contribution in [0, 0.1) is 0 Å². The van der Waals surface area contributed by atoms with Crippen LogP contribution in [0.5, 0.6) is 5.75 Å². The number of pyridine rings is 1. The maximum atomic E-state index is 13.0. The van der Waals surface area contributed by atoms with Crippen molar-refractivity contribution in [3.8, 4) is 5.75 Å². The van der Waals surface area contributed by atoms with Gasteiger partial charge in [0, 0.05) is 18.8 Å². The molecule has 0 fully saturated rings. The minimum atomic E-state index is -3.99. The number of nitrogens with one attached hydrogen (secondary N) is 1. The fourth-order valence-electron chi connectivity index (χ4n) is 3.19. The maximum Gasteiger partial charge on any atom is 0.278 e. The SMILES string of the molecule is CN1C(C(=O)Nc2ncccc2OCc2ccccc2)=C(O)c2ccccc2S1(=O)=O. The molecule has 3 aromatic rings. The van der Waals surface area contributed by atoms with Crippen LogP contribution in [0.15, 0.2) is 83.5 Å². The molecule has 0 saturated heterocycles. The smallest absolute Gasteiger partial charge is 0.278 e. The number of hydrogen-bond acceptors (Lipinski definition) is 6. The summed E-state index contributed by atoms with van der Waals surface area (Å²) < 4.78 is 32.1. The molecule has 158 valence electrons. The van der Waals surface area contributed by atoms with E-state index in [1.54, 1.807) is 24.3 Å². The average Bonchev–Trinajstić information content (AvgIpc) is 2.78. The van der Waals surface area contributed by atoms with Gasteiger partial charge in [-0.2, -0.15) is 0 Å². The van der Waals surface area contributed by atoms with Crippen molar-refractivity contribution >= 4 is 27.5 Å². The highest BCUT2D eigenvalue weighted by molar-refractivity contribution is 7.89. The number of aliphatic hydroxyl groups excluding tert-OH is 1. The predicted octanol–water partition coefficient (Wildman–Crippen LogP) is 3.16. The largest absolute Gasteiger partial charge is 0.505 e. The first kappa shape index (κ1) is 20.4. The Morgan fingerprint density at radius 3 is 2.55 bits per heavy atom. The molecule has 0 aliphatic carbocycles. The van der Waals surface area contributed by atoms with E-state index in [4.69, 9.17) is 4.74 Å². The lowest BCUT2D eigenvalue weighted by molar-refractivity contribution is -0.113. The minimum absolute atomic E-state index is 0.0623. The third kappa shape index (κ3) is 3.82. The summed E-state index contributed by atoms with van der Waals surface area (Å²) in [5.74, 6) is -0.857. The molecule has 0 radical (unpaired) electrons. The van der Waals surface area contributed by atoms with E-state index in [1.807, 2.05) is 30.3 Å². The number of amides is 1. The molecule has 8 nitrogen and oxygen atoms in total. The van der Waals surface area contributed by atoms with Gasteiger partial charge in [0.15, 0.2) is 23.0 Å². The minimum Gasteiger partial charge on any atom is -0.505 e. The molecule has 2 heterocycles. The Kier molecular flexibility index (Phi) is 5.35. The molecular weight excluding hydrogens is 418 g/mol. The van der Waals surface area contributed by atoms with Crippen LogP contribution in [0.4, 0.5) is 5.82 Å². The zero-order valence-corrected chi connectivity index (χ0v) is 17.3. The van der Waals surface area contributed by atoms with Crippen molar-refractivity contribution in [3.63, 3.8) is 0 Å². The van der Waals surface area contributed by atoms with Gasteiger partial charge in [-0.1, -0.05) is 42.5 Å². The Labute approximate surface area is 179 Å². The summed E-state index contributed by atoms with van der Waals surface area (Å²) in [6, 6.07) is 18.7. The van der Waals surface area contributed by atoms with Crippen molar-refractivity contribution in [2.75, 3.05) is 12.4 Å². The number of hydrogen-bond donors (Lipinski definition) is 2. The number of sulfonamides is 1. The van der Waals surface area contributed by atoms with Crippen molar-refractivity contribution in [2.45, 2.75) is 11.5 Å². The highest BCUT2D eigenvalue weighted by atomic mass is 32.2. The molecule has 0 atom stereocenters. The predicted molar refractivity (Wildman–Crippen MR) is 115 cm³/mol. The second kappa shape index (κ2) is 8.11. The molecule has 1 amide bonds. The zero-order valence-electron chi connectivity index (χ0n) is 16.5. The Bertz CT molecular complexity index is 1270. The number of ether oxygens (including phenoxy) is 1. The molecule has 2 N–H and O–H groups in total. The van der Waals surface area contributed by atoms with Crippen molar-refractivity contribution < 1.29 is 23.1 Å². The molecule has 0 saturated carbocycles. The number of anilines is 1. The van der Waals surface area contributed by atoms with Crippen LogP contribution in [0.1, 0.15) is 11.1 Å². The van der Waals surface area contributed by atoms with Gasteiger partial charge in [0.05, 0.1) is 4.90 Å². The van der Waals surface area contributed by atoms with Crippen LogP contribution in [0.3, 0.4) is 0 Å². The van der Waals surface area contributed by atoms with E-state index in [9.17, 15) is 18.3 Å². The monoisotopic (exact) mass is 437 g/mol. The van der Waals surface area contributed by atoms with Crippen LogP contribution >= 0.6 is 0 Å². The van der Waals surface area contributed by atoms with Crippen LogP contribution in [0.2, 0.25) is 0 Å². The summed E-state index contributed by atoms with van der Waals surface area (Å²) in [5, 5.41) is 13.2. The normalized spacial score (nSPS) is 14.7. The second-order valence-corrected chi connectivity index (χ2v) is 8.68. The first-order valence-electron chi connectivity index (χ1n) is 9.34. The van der Waals surface area contributed by atoms with E-state index in [-0.39, 0.29) is 22.9 Å². The number of likely N-dealkylation sites (N-methyl/N-ethyl adjacent to an activating group) is 1. The van der Waals surface area contributed by atoms with Gasteiger partial charge in [0.1, 0.15) is 6.61 Å². The number of aromatic nitrogens is 1. The van der Waals surface area contributed by atoms with Gasteiger partial charge in [-0.15, -0.1) is 0 Å². The van der Waals surface area contributed by atoms with Gasteiger partial charge in [0.25, 0.3) is 15.9 Å². The molecule has 1 aliphatic heterocycles. The van der Waals surface area contributed by atoms with Gasteiger partial charge in [-0.25, -0.2) is 13.4 Å². The topological polar surface area (TPSA) is 109 Å². The van der Waals surface area contributed by atoms with Crippen molar-refractivity contribution in [1.82, 2.24) is 9.29 Å². The van der Waals surface area contributed by atoms with Gasteiger partial charge < -0.3 is 15.2 Å². The van der Waals surface area contributed by atoms with Crippen LogP contribution in [-0.2, 0) is 21.4 Å². The first-order valence-corrected chi connectivity index (χ1v) is 10.8. The summed E-state index contributed by atoms with van der Waals surface area (Å²) in [4.78, 5) is 17.0. The lowest BCUT2D eigenvalue weighted by atomic mass is 10.1. The molecule has 31 heavy (non-hydrogen) atoms. The number of fused-ring (bicyclic) bond motifs is 1. The summed E-state index contributed by atoms with van der Waals surface area (Å²) in [6.45, 7) is 0.255. The molecule has 2 aromatic carbocycles. The average molecular weight is 437 g/mol. The molecule has 1 aliphatic rings. The maximum absolute atomic E-state index is 13.0. The van der Waals surface area contributed by atoms with E-state index in [1.165, 1.54) is 25.4 Å². The van der Waals surface area contributed by atoms with Crippen molar-refractivity contribution in [1.29, 1.82) is 0 Å². The van der Waals surface area contributed by atoms with E-state index in [0.29, 0.717) is 5.75 Å². The zero-order chi connectivity index (χ0) is 22.0. The van der Waals surface area contributed by atoms with Gasteiger partial charge in [-0.05, 0) is 29.8 Å². The summed E-state index contributed by atoms with van der Waals surface area (Å²) >= 11 is 0. The second-order valence-electron chi connectivity index (χ2n) is 6.74. The van der Waals surface area contributed by atoms with Crippen LogP contribution < -0.4 is 10.1 Å². The first-order chi connectivity index (χ1) is 14.9. The molecule has 0 spiro atoms. The van der Waals surface area contributed by atoms with Crippen LogP contribution in [-0.4, -0.2) is 35.8 Å². The van der Waals surface area contributed by atoms with Gasteiger partial charge >= 0.3 is 0 Å². The number of carbonyl (C=O) groups is 1. The lowest BCUT2D eigenvalue weighted by Gasteiger charge is -2.28. The third-order valence-corrected chi connectivity index (χ3v) is 6.59. The molecule has 9 heteroatoms. The van der Waals surface area contributed by atoms with E-state index in [0.717, 1.165) is 9.87 Å². The Hall–Kier alpha value is -3.85. The van der Waals surface area contributed by atoms with Gasteiger partial charge in [0.2, 0.25) is 0 Å². The standard InChI is InChI=1S/C22H19N3O5S/c1-25-19(20(26)16-10-5-6-12-18(16)31(25,28)29)22(27)24-21-17(11-7-13-23-21)30-14-15-8-3-2-4-9-15/h2-13,26H,14H2,1H3,(H,23,24,27). The van der Waals surface area contributed by atoms with E-state index in [2.05, 4.69) is 10.3 Å². The van der Waals surface area contributed by atoms with Gasteiger partial charge in [-0.3, -0.25) is 9.10 Å². The van der Waals surface area contributed by atoms with Crippen molar-refractivity contribution in [2.24, 2.45) is 0 Å². The molecule has 0 bridgehead atoms. The number of carbonyl (C=O) groups excluding carboxylic acids is 1. The summed E-state index contributed by atoms with van der Waals surface area (Å²) in [5.41, 5.74) is 0.587. The summed E-state index contributed by atoms with van der Waals surface area (Å²) in [7, 11) is -2.78. The number of rotatable bonds is 5. The Morgan fingerprint density at radius 2 is 1.77 bits per heavy atom. The number of aliphatic hydroxyl groups is 1. The Morgan fingerprint density at radius 1 is 1.06 bits per heavy atom. The highest BCUT2D eigenvalue weighted by Crippen LogP contribution is 2.35. The van der Waals surface area contributed by atoms with Crippen LogP contribution in [0.25, 0.3) is 5.76 Å². The lowest BCUT2D eigenvalue weighted by Crippen LogP contribution is -2.37. The Balaban J connectivity index is 1.63. The fraction of sp³-hybridized carbons (Fsp3) is 0.0909. The summed E-state index contributed by atoms with van der Waals surface area (Å²) in [6.07, 6.45) is 1.47. The molecule has 4 rings (SSSR count). The quantitative estimate of drug-likeness (QED) is 0.635. The highest BCUT2D eigenvalue weighted by Gasteiger charge is 2.38. The third-order valence-electron chi connectivity index (χ3n) is 4.77. The van der Waals surface area contributed by atoms with E-state index < -0.39 is 27.4 Å². The number of nitrogens with zero attached hydrogens (tertiary/aromatic N) is 2. The molecular formula is C22H19N3O5S. The molecule has 0 unspecified atom stereocenters. The van der Waals surface area contributed by atoms with E-state index >= 15 is 0 Å². The molecule has 1 aromatic heterocycles. The fourth-order valence-corrected chi connectivity index (χ4v) is 4.58.